The number of aryl methyl sites for hydroxylation is 2. The molecule has 16 heavy (non-hydrogen) atoms. The van der Waals surface area contributed by atoms with Crippen molar-refractivity contribution in [3.8, 4) is 0 Å². The molecular weight excluding hydrogens is 196 g/mol. The van der Waals surface area contributed by atoms with Crippen LogP contribution >= 0.6 is 0 Å². The van der Waals surface area contributed by atoms with E-state index < -0.39 is 0 Å². The van der Waals surface area contributed by atoms with Crippen molar-refractivity contribution in [3.63, 3.8) is 0 Å². The number of benzene rings is 1. The Morgan fingerprint density at radius 1 is 1.31 bits per heavy atom. The van der Waals surface area contributed by atoms with E-state index in [0.29, 0.717) is 12.6 Å². The zero-order chi connectivity index (χ0) is 11.3. The highest BCUT2D eigenvalue weighted by Crippen LogP contribution is 2.41. The Morgan fingerprint density at radius 2 is 2.06 bits per heavy atom. The van der Waals surface area contributed by atoms with Crippen molar-refractivity contribution < 1.29 is 0 Å². The smallest absolute Gasteiger partial charge is 0.0488 e. The van der Waals surface area contributed by atoms with Crippen molar-refractivity contribution in [3.05, 3.63) is 35.0 Å². The van der Waals surface area contributed by atoms with E-state index in [9.17, 15) is 0 Å². The molecule has 1 saturated carbocycles. The second-order valence-electron chi connectivity index (χ2n) is 4.90. The van der Waals surface area contributed by atoms with E-state index in [0.717, 1.165) is 0 Å². The largest absolute Gasteiger partial charge is 0.340 e. The van der Waals surface area contributed by atoms with Crippen LogP contribution in [0.4, 0.5) is 0 Å². The van der Waals surface area contributed by atoms with E-state index in [1.807, 2.05) is 0 Å². The van der Waals surface area contributed by atoms with Gasteiger partial charge in [-0.3, -0.25) is 0 Å². The van der Waals surface area contributed by atoms with Crippen molar-refractivity contribution in [2.24, 2.45) is 5.73 Å². The van der Waals surface area contributed by atoms with Gasteiger partial charge < -0.3 is 10.3 Å². The van der Waals surface area contributed by atoms with Gasteiger partial charge in [0.05, 0.1) is 0 Å². The van der Waals surface area contributed by atoms with Crippen molar-refractivity contribution in [1.82, 2.24) is 4.57 Å². The Kier molecular flexibility index (Phi) is 2.08. The highest BCUT2D eigenvalue weighted by atomic mass is 15.1. The minimum atomic E-state index is 0.649. The Bertz CT molecular complexity index is 547. The second-order valence-corrected chi connectivity index (χ2v) is 4.90. The Hall–Kier alpha value is -1.28. The summed E-state index contributed by atoms with van der Waals surface area (Å²) in [5, 5.41) is 1.38. The molecule has 2 heteroatoms. The highest BCUT2D eigenvalue weighted by molar-refractivity contribution is 5.86. The first-order valence-corrected chi connectivity index (χ1v) is 6.02. The van der Waals surface area contributed by atoms with Gasteiger partial charge in [-0.25, -0.2) is 0 Å². The zero-order valence-electron chi connectivity index (χ0n) is 9.96. The first-order chi connectivity index (χ1) is 7.72. The molecule has 0 radical (unpaired) electrons. The SMILES string of the molecule is Cc1ccc2c(c1)c(C)c(CN)n2C1CC1. The molecule has 84 valence electrons. The predicted octanol–water partition coefficient (Wildman–Crippen LogP) is 3.05. The van der Waals surface area contributed by atoms with Crippen LogP contribution in [0.3, 0.4) is 0 Å². The lowest BCUT2D eigenvalue weighted by Crippen LogP contribution is -2.06. The Morgan fingerprint density at radius 3 is 2.69 bits per heavy atom. The molecule has 0 saturated heterocycles. The normalized spacial score (nSPS) is 15.9. The third-order valence-electron chi connectivity index (χ3n) is 3.64. The Labute approximate surface area is 96.1 Å². The lowest BCUT2D eigenvalue weighted by molar-refractivity contribution is 0.717. The summed E-state index contributed by atoms with van der Waals surface area (Å²) < 4.78 is 2.46. The van der Waals surface area contributed by atoms with Crippen LogP contribution in [0.25, 0.3) is 10.9 Å². The minimum Gasteiger partial charge on any atom is -0.340 e. The molecule has 0 atom stereocenters. The molecule has 0 aliphatic heterocycles. The van der Waals surface area contributed by atoms with Gasteiger partial charge in [-0.1, -0.05) is 11.6 Å². The van der Waals surface area contributed by atoms with E-state index in [2.05, 4.69) is 36.6 Å². The van der Waals surface area contributed by atoms with Crippen molar-refractivity contribution in [1.29, 1.82) is 0 Å². The van der Waals surface area contributed by atoms with Gasteiger partial charge >= 0.3 is 0 Å². The van der Waals surface area contributed by atoms with Crippen LogP contribution in [0.15, 0.2) is 18.2 Å². The minimum absolute atomic E-state index is 0.649. The van der Waals surface area contributed by atoms with Gasteiger partial charge in [-0.05, 0) is 44.4 Å². The average Bonchev–Trinajstić information content (AvgIpc) is 3.06. The fourth-order valence-corrected chi connectivity index (χ4v) is 2.64. The lowest BCUT2D eigenvalue weighted by atomic mass is 10.1. The molecule has 2 N–H and O–H groups in total. The van der Waals surface area contributed by atoms with E-state index in [4.69, 9.17) is 5.73 Å². The van der Waals surface area contributed by atoms with Gasteiger partial charge in [-0.15, -0.1) is 0 Å². The maximum Gasteiger partial charge on any atom is 0.0488 e. The fourth-order valence-electron chi connectivity index (χ4n) is 2.64. The van der Waals surface area contributed by atoms with Crippen molar-refractivity contribution in [2.45, 2.75) is 39.3 Å². The van der Waals surface area contributed by atoms with Gasteiger partial charge in [0, 0.05) is 29.2 Å². The molecule has 0 bridgehead atoms. The van der Waals surface area contributed by atoms with Crippen LogP contribution in [0.2, 0.25) is 0 Å². The third kappa shape index (κ3) is 1.30. The molecule has 1 aromatic heterocycles. The molecule has 2 aromatic rings. The lowest BCUT2D eigenvalue weighted by Gasteiger charge is -2.07. The standard InChI is InChI=1S/C14H18N2/c1-9-3-6-13-12(7-9)10(2)14(8-15)16(13)11-4-5-11/h3,6-7,11H,4-5,8,15H2,1-2H3. The van der Waals surface area contributed by atoms with E-state index in [1.54, 1.807) is 0 Å². The molecule has 1 aliphatic carbocycles. The summed E-state index contributed by atoms with van der Waals surface area (Å²) in [6.07, 6.45) is 2.62. The van der Waals surface area contributed by atoms with Crippen LogP contribution in [0, 0.1) is 13.8 Å². The maximum absolute atomic E-state index is 5.90. The highest BCUT2D eigenvalue weighted by Gasteiger charge is 2.28. The molecule has 3 rings (SSSR count). The molecule has 2 nitrogen and oxygen atoms in total. The monoisotopic (exact) mass is 214 g/mol. The summed E-state index contributed by atoms with van der Waals surface area (Å²) in [4.78, 5) is 0. The number of nitrogens with zero attached hydrogens (tertiary/aromatic N) is 1. The summed E-state index contributed by atoms with van der Waals surface area (Å²) in [6, 6.07) is 7.43. The topological polar surface area (TPSA) is 30.9 Å². The maximum atomic E-state index is 5.90. The van der Waals surface area contributed by atoms with Gasteiger partial charge in [0.2, 0.25) is 0 Å². The van der Waals surface area contributed by atoms with Gasteiger partial charge in [-0.2, -0.15) is 0 Å². The number of fused-ring (bicyclic) bond motifs is 1. The number of nitrogens with two attached hydrogens (primary N) is 1. The summed E-state index contributed by atoms with van der Waals surface area (Å²) in [6.45, 7) is 4.99. The third-order valence-corrected chi connectivity index (χ3v) is 3.64. The van der Waals surface area contributed by atoms with Crippen LogP contribution in [-0.4, -0.2) is 4.57 Å². The first kappa shape index (κ1) is 9.91. The molecule has 1 aliphatic rings. The molecule has 1 heterocycles. The molecule has 0 spiro atoms. The number of hydrogen-bond acceptors (Lipinski definition) is 1. The van der Waals surface area contributed by atoms with Crippen LogP contribution < -0.4 is 5.73 Å². The molecule has 0 unspecified atom stereocenters. The van der Waals surface area contributed by atoms with E-state index in [-0.39, 0.29) is 0 Å². The van der Waals surface area contributed by atoms with Crippen LogP contribution in [0.5, 0.6) is 0 Å². The molecular formula is C14H18N2. The average molecular weight is 214 g/mol. The fraction of sp³-hybridized carbons (Fsp3) is 0.429. The first-order valence-electron chi connectivity index (χ1n) is 6.02. The molecule has 0 amide bonds. The summed E-state index contributed by atoms with van der Waals surface area (Å²) in [7, 11) is 0. The van der Waals surface area contributed by atoms with Gasteiger partial charge in [0.1, 0.15) is 0 Å². The Balaban J connectivity index is 2.36. The summed E-state index contributed by atoms with van der Waals surface area (Å²) >= 11 is 0. The van der Waals surface area contributed by atoms with E-state index in [1.165, 1.54) is 40.6 Å². The van der Waals surface area contributed by atoms with Gasteiger partial charge in [0.15, 0.2) is 0 Å². The van der Waals surface area contributed by atoms with Gasteiger partial charge in [0.25, 0.3) is 0 Å². The summed E-state index contributed by atoms with van der Waals surface area (Å²) in [5.41, 5.74) is 11.3. The molecule has 1 fully saturated rings. The van der Waals surface area contributed by atoms with Crippen molar-refractivity contribution in [2.75, 3.05) is 0 Å². The van der Waals surface area contributed by atoms with Crippen LogP contribution in [0.1, 0.15) is 35.7 Å². The zero-order valence-corrected chi connectivity index (χ0v) is 9.96. The molecule has 1 aromatic carbocycles. The summed E-state index contributed by atoms with van der Waals surface area (Å²) in [5.74, 6) is 0. The van der Waals surface area contributed by atoms with Crippen molar-refractivity contribution >= 4 is 10.9 Å². The second kappa shape index (κ2) is 3.36. The number of rotatable bonds is 2. The quantitative estimate of drug-likeness (QED) is 0.818. The number of aromatic nitrogens is 1. The van der Waals surface area contributed by atoms with E-state index >= 15 is 0 Å². The number of hydrogen-bond donors (Lipinski definition) is 1. The predicted molar refractivity (Wildman–Crippen MR) is 67.6 cm³/mol. The van der Waals surface area contributed by atoms with Crippen LogP contribution in [-0.2, 0) is 6.54 Å².